The smallest absolute Gasteiger partial charge is 0.335 e. The summed E-state index contributed by atoms with van der Waals surface area (Å²) >= 11 is 0. The van der Waals surface area contributed by atoms with Crippen LogP contribution < -0.4 is 5.73 Å². The molecule has 1 amide bonds. The second-order valence-corrected chi connectivity index (χ2v) is 8.70. The second kappa shape index (κ2) is 12.7. The molecular weight excluding hydrogens is 508 g/mol. The van der Waals surface area contributed by atoms with Crippen LogP contribution in [0.1, 0.15) is 27.7 Å². The molecule has 0 bridgehead atoms. The van der Waals surface area contributed by atoms with E-state index in [0.29, 0.717) is 23.3 Å². The van der Waals surface area contributed by atoms with Crippen molar-refractivity contribution in [1.29, 1.82) is 0 Å². The number of hydrogen-bond acceptors (Lipinski definition) is 9. The van der Waals surface area contributed by atoms with Gasteiger partial charge in [-0.3, -0.25) is 9.78 Å². The number of pyridine rings is 1. The number of carboxylic acid groups (broad SMARTS) is 2. The average Bonchev–Trinajstić information content (AvgIpc) is 3.36. The first-order valence-corrected chi connectivity index (χ1v) is 11.7. The van der Waals surface area contributed by atoms with Gasteiger partial charge in [0.1, 0.15) is 5.69 Å². The van der Waals surface area contributed by atoms with E-state index in [1.165, 1.54) is 4.90 Å². The van der Waals surface area contributed by atoms with Crippen LogP contribution in [0.5, 0.6) is 0 Å². The van der Waals surface area contributed by atoms with Crippen molar-refractivity contribution >= 4 is 28.8 Å². The van der Waals surface area contributed by atoms with Gasteiger partial charge in [0.25, 0.3) is 5.91 Å². The zero-order valence-corrected chi connectivity index (χ0v) is 21.1. The summed E-state index contributed by atoms with van der Waals surface area (Å²) in [5.41, 5.74) is 11.0. The number of carboxylic acids is 2. The average molecular weight is 537 g/mol. The summed E-state index contributed by atoms with van der Waals surface area (Å²) in [5.74, 6) is -3.66. The summed E-state index contributed by atoms with van der Waals surface area (Å²) in [6.45, 7) is 0. The van der Waals surface area contributed by atoms with E-state index in [1.807, 2.05) is 54.6 Å². The molecule has 4 rings (SSSR count). The fourth-order valence-corrected chi connectivity index (χ4v) is 3.73. The van der Waals surface area contributed by atoms with E-state index >= 15 is 0 Å². The van der Waals surface area contributed by atoms with Crippen LogP contribution in [0.25, 0.3) is 22.2 Å². The molecule has 0 spiro atoms. The molecule has 0 saturated carbocycles. The van der Waals surface area contributed by atoms with Crippen LogP contribution >= 0.6 is 0 Å². The molecule has 0 aliphatic rings. The van der Waals surface area contributed by atoms with E-state index in [4.69, 9.17) is 30.7 Å². The number of carbonyl (C=O) groups is 3. The zero-order chi connectivity index (χ0) is 28.7. The number of nitrogens with zero attached hydrogens (tertiary/aromatic N) is 3. The van der Waals surface area contributed by atoms with Crippen molar-refractivity contribution in [3.63, 3.8) is 0 Å². The normalized spacial score (nSPS) is 13.1. The molecule has 6 N–H and O–H groups in total. The fourth-order valence-electron chi connectivity index (χ4n) is 3.73. The molecule has 0 saturated heterocycles. The fraction of sp³-hybridized carbons (Fsp3) is 0.222. The number of benzene rings is 2. The standard InChI is InChI=1S/C23H22N4O2.C4H6O6/c1-27(2)23(28)19-12-7-11-18-21(26-29-22(18)19)17-10-4-3-9-16(17)20(24)14-15-8-5-6-13-25-15;5-1(3(7)8)2(6)4(9)10/h3-13,20H,14,24H2,1-2H3;1-2,5-6H,(H,7,8)(H,9,10)/t20-;1-,2-/m01/s1. The van der Waals surface area contributed by atoms with E-state index in [1.54, 1.807) is 26.4 Å². The minimum atomic E-state index is -2.27. The van der Waals surface area contributed by atoms with Crippen LogP contribution in [0.3, 0.4) is 0 Å². The number of carbonyl (C=O) groups excluding carboxylic acids is 1. The predicted octanol–water partition coefficient (Wildman–Crippen LogP) is 1.71. The highest BCUT2D eigenvalue weighted by Gasteiger charge is 2.29. The van der Waals surface area contributed by atoms with Crippen LogP contribution in [0.2, 0.25) is 0 Å². The summed E-state index contributed by atoms with van der Waals surface area (Å²) in [6, 6.07) is 18.9. The maximum atomic E-state index is 12.5. The van der Waals surface area contributed by atoms with Gasteiger partial charge in [-0.05, 0) is 29.8 Å². The summed E-state index contributed by atoms with van der Waals surface area (Å²) < 4.78 is 5.61. The van der Waals surface area contributed by atoms with Gasteiger partial charge in [-0.1, -0.05) is 41.6 Å². The Morgan fingerprint density at radius 2 is 1.56 bits per heavy atom. The van der Waals surface area contributed by atoms with Crippen molar-refractivity contribution in [3.05, 3.63) is 83.7 Å². The topological polar surface area (TPSA) is 200 Å². The van der Waals surface area contributed by atoms with Gasteiger partial charge in [-0.25, -0.2) is 9.59 Å². The van der Waals surface area contributed by atoms with Gasteiger partial charge >= 0.3 is 11.9 Å². The van der Waals surface area contributed by atoms with Crippen LogP contribution in [0, 0.1) is 0 Å². The van der Waals surface area contributed by atoms with E-state index in [-0.39, 0.29) is 11.9 Å². The lowest BCUT2D eigenvalue weighted by Crippen LogP contribution is -2.39. The monoisotopic (exact) mass is 536 g/mol. The molecule has 0 radical (unpaired) electrons. The minimum absolute atomic E-state index is 0.126. The van der Waals surface area contributed by atoms with Crippen molar-refractivity contribution < 1.29 is 39.3 Å². The Kier molecular flexibility index (Phi) is 9.44. The minimum Gasteiger partial charge on any atom is -0.479 e. The first-order chi connectivity index (χ1) is 18.5. The second-order valence-electron chi connectivity index (χ2n) is 8.70. The van der Waals surface area contributed by atoms with Gasteiger partial charge in [0, 0.05) is 44.0 Å². The largest absolute Gasteiger partial charge is 0.479 e. The van der Waals surface area contributed by atoms with Crippen LogP contribution in [-0.2, 0) is 16.0 Å². The molecule has 204 valence electrons. The number of nitrogens with two attached hydrogens (primary N) is 1. The number of rotatable bonds is 8. The van der Waals surface area contributed by atoms with Gasteiger partial charge in [-0.2, -0.15) is 0 Å². The summed E-state index contributed by atoms with van der Waals surface area (Å²) in [4.78, 5) is 37.9. The van der Waals surface area contributed by atoms with E-state index in [2.05, 4.69) is 10.1 Å². The van der Waals surface area contributed by atoms with Crippen molar-refractivity contribution in [2.24, 2.45) is 5.73 Å². The van der Waals surface area contributed by atoms with Crippen molar-refractivity contribution in [3.8, 4) is 11.3 Å². The quantitative estimate of drug-likeness (QED) is 0.219. The molecular formula is C27H28N4O8. The van der Waals surface area contributed by atoms with Gasteiger partial charge in [-0.15, -0.1) is 0 Å². The lowest BCUT2D eigenvalue weighted by Gasteiger charge is -2.15. The van der Waals surface area contributed by atoms with E-state index in [0.717, 1.165) is 22.2 Å². The molecule has 12 heteroatoms. The third-order valence-corrected chi connectivity index (χ3v) is 5.71. The molecule has 2 aromatic carbocycles. The lowest BCUT2D eigenvalue weighted by molar-refractivity contribution is -0.165. The number of hydrogen-bond donors (Lipinski definition) is 5. The van der Waals surface area contributed by atoms with Crippen molar-refractivity contribution in [2.75, 3.05) is 14.1 Å². The number of aliphatic carboxylic acids is 2. The van der Waals surface area contributed by atoms with Crippen molar-refractivity contribution in [2.45, 2.75) is 24.7 Å². The molecule has 0 fully saturated rings. The number of aliphatic hydroxyl groups excluding tert-OH is 2. The zero-order valence-electron chi connectivity index (χ0n) is 21.1. The third-order valence-electron chi connectivity index (χ3n) is 5.71. The first kappa shape index (κ1) is 28.9. The van der Waals surface area contributed by atoms with Gasteiger partial charge in [0.2, 0.25) is 0 Å². The summed E-state index contributed by atoms with van der Waals surface area (Å²) in [5, 5.41) is 37.6. The molecule has 39 heavy (non-hydrogen) atoms. The maximum Gasteiger partial charge on any atom is 0.335 e. The molecule has 0 aliphatic carbocycles. The maximum absolute atomic E-state index is 12.5. The number of fused-ring (bicyclic) bond motifs is 1. The molecule has 3 atom stereocenters. The Hall–Kier alpha value is -4.65. The van der Waals surface area contributed by atoms with Gasteiger partial charge in [0.15, 0.2) is 17.8 Å². The molecule has 0 aliphatic heterocycles. The highest BCUT2D eigenvalue weighted by molar-refractivity contribution is 6.07. The van der Waals surface area contributed by atoms with Crippen LogP contribution in [0.4, 0.5) is 0 Å². The SMILES string of the molecule is CN(C)C(=O)c1cccc2c(-c3ccccc3[C@@H](N)Cc3ccccn3)noc12.O=C(O)[C@H](O)[C@@H](O)C(=O)O. The number of amides is 1. The van der Waals surface area contributed by atoms with E-state index < -0.39 is 24.1 Å². The van der Waals surface area contributed by atoms with Gasteiger partial charge < -0.3 is 35.6 Å². The Bertz CT molecular complexity index is 1440. The predicted molar refractivity (Wildman–Crippen MR) is 140 cm³/mol. The Morgan fingerprint density at radius 1 is 0.923 bits per heavy atom. The van der Waals surface area contributed by atoms with Crippen LogP contribution in [-0.4, -0.2) is 79.6 Å². The van der Waals surface area contributed by atoms with Gasteiger partial charge in [0.05, 0.1) is 10.9 Å². The Morgan fingerprint density at radius 3 is 2.15 bits per heavy atom. The van der Waals surface area contributed by atoms with E-state index in [9.17, 15) is 14.4 Å². The molecule has 4 aromatic rings. The Balaban J connectivity index is 0.000000360. The lowest BCUT2D eigenvalue weighted by atomic mass is 9.94. The molecule has 2 heterocycles. The highest BCUT2D eigenvalue weighted by atomic mass is 16.5. The number of para-hydroxylation sites is 1. The summed E-state index contributed by atoms with van der Waals surface area (Å²) in [6.07, 6.45) is -2.16. The van der Waals surface area contributed by atoms with Crippen molar-refractivity contribution in [1.82, 2.24) is 15.0 Å². The molecule has 2 aromatic heterocycles. The highest BCUT2D eigenvalue weighted by Crippen LogP contribution is 2.34. The first-order valence-electron chi connectivity index (χ1n) is 11.7. The number of aliphatic hydroxyl groups is 2. The molecule has 0 unspecified atom stereocenters. The Labute approximate surface area is 222 Å². The number of aromatic nitrogens is 2. The van der Waals surface area contributed by atoms with Crippen LogP contribution in [0.15, 0.2) is 71.4 Å². The third kappa shape index (κ3) is 6.82. The molecule has 12 nitrogen and oxygen atoms in total. The summed E-state index contributed by atoms with van der Waals surface area (Å²) in [7, 11) is 3.43.